The molecule has 0 amide bonds. The van der Waals surface area contributed by atoms with Gasteiger partial charge in [0, 0.05) is 5.02 Å². The molecule has 0 saturated carbocycles. The molecule has 21 heavy (non-hydrogen) atoms. The van der Waals surface area contributed by atoms with E-state index in [1.165, 1.54) is 6.07 Å². The van der Waals surface area contributed by atoms with Crippen LogP contribution in [0.1, 0.15) is 16.7 Å². The molecule has 2 nitrogen and oxygen atoms in total. The van der Waals surface area contributed by atoms with Gasteiger partial charge in [-0.05, 0) is 35.9 Å². The second kappa shape index (κ2) is 6.06. The third kappa shape index (κ3) is 4.14. The summed E-state index contributed by atoms with van der Waals surface area (Å²) < 4.78 is 43.5. The zero-order valence-corrected chi connectivity index (χ0v) is 11.4. The third-order valence-electron chi connectivity index (χ3n) is 2.68. The Morgan fingerprint density at radius 3 is 2.33 bits per heavy atom. The molecule has 0 atom stereocenters. The third-order valence-corrected chi connectivity index (χ3v) is 2.93. The molecule has 0 radical (unpaired) electrons. The molecule has 0 fully saturated rings. The van der Waals surface area contributed by atoms with E-state index >= 15 is 0 Å². The predicted octanol–water partition coefficient (Wildman–Crippen LogP) is 4.81. The van der Waals surface area contributed by atoms with Crippen LogP contribution in [0.2, 0.25) is 5.02 Å². The average Bonchev–Trinajstić information content (AvgIpc) is 2.45. The normalized spacial score (nSPS) is 11.0. The molecule has 0 N–H and O–H groups in total. The Labute approximate surface area is 124 Å². The summed E-state index contributed by atoms with van der Waals surface area (Å²) in [4.78, 5) is 0. The number of benzene rings is 2. The van der Waals surface area contributed by atoms with Crippen molar-refractivity contribution < 1.29 is 17.9 Å². The van der Waals surface area contributed by atoms with E-state index in [0.717, 1.165) is 17.7 Å². The fourth-order valence-electron chi connectivity index (χ4n) is 1.66. The first kappa shape index (κ1) is 15.2. The van der Waals surface area contributed by atoms with E-state index in [9.17, 15) is 13.2 Å². The highest BCUT2D eigenvalue weighted by Gasteiger charge is 2.31. The number of nitriles is 1. The van der Waals surface area contributed by atoms with Crippen LogP contribution in [-0.2, 0) is 12.8 Å². The fourth-order valence-corrected chi connectivity index (χ4v) is 1.78. The summed E-state index contributed by atoms with van der Waals surface area (Å²) in [5.74, 6) is -0.00340. The lowest BCUT2D eigenvalue weighted by atomic mass is 10.1. The van der Waals surface area contributed by atoms with E-state index < -0.39 is 11.7 Å². The van der Waals surface area contributed by atoms with Gasteiger partial charge >= 0.3 is 6.18 Å². The molecule has 0 spiro atoms. The van der Waals surface area contributed by atoms with E-state index in [4.69, 9.17) is 21.6 Å². The van der Waals surface area contributed by atoms with Crippen LogP contribution in [0.4, 0.5) is 13.2 Å². The summed E-state index contributed by atoms with van der Waals surface area (Å²) in [5.41, 5.74) is -0.251. The molecule has 2 aromatic carbocycles. The Balaban J connectivity index is 2.20. The van der Waals surface area contributed by atoms with Gasteiger partial charge in [0.2, 0.25) is 0 Å². The van der Waals surface area contributed by atoms with Crippen LogP contribution < -0.4 is 4.74 Å². The smallest absolute Gasteiger partial charge is 0.416 e. The van der Waals surface area contributed by atoms with Crippen LogP contribution >= 0.6 is 11.6 Å². The van der Waals surface area contributed by atoms with E-state index in [1.54, 1.807) is 30.3 Å². The van der Waals surface area contributed by atoms with Gasteiger partial charge in [-0.25, -0.2) is 0 Å². The number of halogens is 4. The number of hydrogen-bond acceptors (Lipinski definition) is 2. The second-order valence-electron chi connectivity index (χ2n) is 4.27. The number of ether oxygens (including phenoxy) is 1. The molecule has 0 aromatic heterocycles. The first-order valence-electron chi connectivity index (χ1n) is 5.88. The van der Waals surface area contributed by atoms with Gasteiger partial charge in [-0.2, -0.15) is 18.4 Å². The van der Waals surface area contributed by atoms with Crippen molar-refractivity contribution in [3.63, 3.8) is 0 Å². The summed E-state index contributed by atoms with van der Waals surface area (Å²) in [6, 6.07) is 11.4. The molecule has 0 unspecified atom stereocenters. The van der Waals surface area contributed by atoms with Crippen LogP contribution in [0.25, 0.3) is 0 Å². The van der Waals surface area contributed by atoms with Gasteiger partial charge < -0.3 is 4.74 Å². The monoisotopic (exact) mass is 311 g/mol. The fraction of sp³-hybridized carbons (Fsp3) is 0.133. The molecule has 0 bridgehead atoms. The molecule has 108 valence electrons. The highest BCUT2D eigenvalue weighted by atomic mass is 35.5. The quantitative estimate of drug-likeness (QED) is 0.815. The maximum atomic E-state index is 12.7. The molecular weight excluding hydrogens is 303 g/mol. The van der Waals surface area contributed by atoms with Crippen molar-refractivity contribution in [3.05, 3.63) is 64.2 Å². The number of nitrogens with zero attached hydrogens (tertiary/aromatic N) is 1. The summed E-state index contributed by atoms with van der Waals surface area (Å²) in [7, 11) is 0. The molecular formula is C15H9ClF3NO. The Morgan fingerprint density at radius 2 is 1.76 bits per heavy atom. The largest absolute Gasteiger partial charge is 0.489 e. The molecule has 0 saturated heterocycles. The molecule has 6 heteroatoms. The zero-order chi connectivity index (χ0) is 15.5. The van der Waals surface area contributed by atoms with Gasteiger partial charge in [-0.1, -0.05) is 23.7 Å². The van der Waals surface area contributed by atoms with Crippen LogP contribution in [0.3, 0.4) is 0 Å². The molecule has 0 aliphatic carbocycles. The van der Waals surface area contributed by atoms with Crippen molar-refractivity contribution in [3.8, 4) is 11.8 Å². The standard InChI is InChI=1S/C15H9ClF3NO/c16-13-3-1-10(2-4-13)9-21-14-6-11(8-20)5-12(7-14)15(17,18)19/h1-7H,9H2. The first-order chi connectivity index (χ1) is 9.88. The second-order valence-corrected chi connectivity index (χ2v) is 4.71. The highest BCUT2D eigenvalue weighted by molar-refractivity contribution is 6.30. The molecule has 2 rings (SSSR count). The lowest BCUT2D eigenvalue weighted by Gasteiger charge is -2.11. The van der Waals surface area contributed by atoms with Gasteiger partial charge in [0.05, 0.1) is 17.2 Å². The lowest BCUT2D eigenvalue weighted by Crippen LogP contribution is -2.06. The van der Waals surface area contributed by atoms with Gasteiger partial charge in [-0.3, -0.25) is 0 Å². The lowest BCUT2D eigenvalue weighted by molar-refractivity contribution is -0.137. The summed E-state index contributed by atoms with van der Waals surface area (Å²) in [6.07, 6.45) is -4.52. The first-order valence-corrected chi connectivity index (χ1v) is 6.26. The maximum absolute atomic E-state index is 12.7. The van der Waals surface area contributed by atoms with Crippen molar-refractivity contribution in [2.45, 2.75) is 12.8 Å². The summed E-state index contributed by atoms with van der Waals surface area (Å²) in [5, 5.41) is 9.34. The van der Waals surface area contributed by atoms with Crippen molar-refractivity contribution in [2.75, 3.05) is 0 Å². The Morgan fingerprint density at radius 1 is 1.10 bits per heavy atom. The highest BCUT2D eigenvalue weighted by Crippen LogP contribution is 2.32. The van der Waals surface area contributed by atoms with Gasteiger partial charge in [-0.15, -0.1) is 0 Å². The van der Waals surface area contributed by atoms with E-state index in [0.29, 0.717) is 5.02 Å². The summed E-state index contributed by atoms with van der Waals surface area (Å²) >= 11 is 5.74. The minimum atomic E-state index is -4.52. The maximum Gasteiger partial charge on any atom is 0.416 e. The van der Waals surface area contributed by atoms with Crippen LogP contribution in [0, 0.1) is 11.3 Å². The average molecular weight is 312 g/mol. The number of hydrogen-bond donors (Lipinski definition) is 0. The van der Waals surface area contributed by atoms with Gasteiger partial charge in [0.1, 0.15) is 12.4 Å². The van der Waals surface area contributed by atoms with Gasteiger partial charge in [0.15, 0.2) is 0 Å². The van der Waals surface area contributed by atoms with Crippen LogP contribution in [0.5, 0.6) is 5.75 Å². The van der Waals surface area contributed by atoms with E-state index in [2.05, 4.69) is 0 Å². The van der Waals surface area contributed by atoms with Crippen molar-refractivity contribution >= 4 is 11.6 Å². The van der Waals surface area contributed by atoms with Crippen LogP contribution in [-0.4, -0.2) is 0 Å². The van der Waals surface area contributed by atoms with Gasteiger partial charge in [0.25, 0.3) is 0 Å². The Bertz CT molecular complexity index is 675. The van der Waals surface area contributed by atoms with Crippen molar-refractivity contribution in [1.82, 2.24) is 0 Å². The molecule has 2 aromatic rings. The summed E-state index contributed by atoms with van der Waals surface area (Å²) in [6.45, 7) is 0.0867. The van der Waals surface area contributed by atoms with Crippen molar-refractivity contribution in [2.24, 2.45) is 0 Å². The minimum Gasteiger partial charge on any atom is -0.489 e. The molecule has 0 aliphatic rings. The van der Waals surface area contributed by atoms with E-state index in [1.807, 2.05) is 0 Å². The van der Waals surface area contributed by atoms with Crippen molar-refractivity contribution in [1.29, 1.82) is 5.26 Å². The zero-order valence-electron chi connectivity index (χ0n) is 10.6. The molecule has 0 heterocycles. The SMILES string of the molecule is N#Cc1cc(OCc2ccc(Cl)cc2)cc(C(F)(F)F)c1. The minimum absolute atomic E-state index is 0.00340. The topological polar surface area (TPSA) is 33.0 Å². The molecule has 0 aliphatic heterocycles. The number of alkyl halides is 3. The Hall–Kier alpha value is -2.19. The van der Waals surface area contributed by atoms with E-state index in [-0.39, 0.29) is 17.9 Å². The Kier molecular flexibility index (Phi) is 4.39. The predicted molar refractivity (Wildman–Crippen MR) is 71.9 cm³/mol. The number of rotatable bonds is 3. The van der Waals surface area contributed by atoms with Crippen LogP contribution in [0.15, 0.2) is 42.5 Å².